The molecule has 1 fully saturated rings. The molecule has 0 radical (unpaired) electrons. The lowest BCUT2D eigenvalue weighted by molar-refractivity contribution is 0.0913. The Bertz CT molecular complexity index is 845. The number of carbonyl (C=O) groups is 1. The number of likely N-dealkylation sites (tertiary alicyclic amines) is 1. The zero-order valence-corrected chi connectivity index (χ0v) is 15.8. The fourth-order valence-corrected chi connectivity index (χ4v) is 5.01. The number of carbonyl (C=O) groups excluding carboxylic acids is 1. The van der Waals surface area contributed by atoms with Crippen molar-refractivity contribution in [2.24, 2.45) is 0 Å². The molecular weight excluding hydrogens is 350 g/mol. The van der Waals surface area contributed by atoms with Crippen molar-refractivity contribution in [1.82, 2.24) is 15.2 Å². The van der Waals surface area contributed by atoms with Gasteiger partial charge in [0.15, 0.2) is 0 Å². The summed E-state index contributed by atoms with van der Waals surface area (Å²) in [4.78, 5) is 21.4. The highest BCUT2D eigenvalue weighted by molar-refractivity contribution is 7.18. The first-order valence-electron chi connectivity index (χ1n) is 8.61. The molecule has 1 amide bonds. The Morgan fingerprint density at radius 2 is 2.00 bits per heavy atom. The molecule has 130 valence electrons. The number of hydrogen-bond donors (Lipinski definition) is 1. The van der Waals surface area contributed by atoms with Crippen LogP contribution in [0.4, 0.5) is 0 Å². The van der Waals surface area contributed by atoms with E-state index in [2.05, 4.69) is 28.4 Å². The molecule has 4 rings (SSSR count). The van der Waals surface area contributed by atoms with Gasteiger partial charge in [-0.3, -0.25) is 9.69 Å². The number of amides is 1. The predicted octanol–water partition coefficient (Wildman–Crippen LogP) is 4.06. The van der Waals surface area contributed by atoms with E-state index in [0.717, 1.165) is 42.9 Å². The van der Waals surface area contributed by atoms with E-state index in [4.69, 9.17) is 4.98 Å². The minimum atomic E-state index is 0.0720. The summed E-state index contributed by atoms with van der Waals surface area (Å²) in [5.41, 5.74) is 1.09. The lowest BCUT2D eigenvalue weighted by atomic mass is 10.1. The maximum Gasteiger partial charge on any atom is 0.261 e. The molecule has 3 aromatic rings. The number of para-hydroxylation sites is 1. The second-order valence-electron chi connectivity index (χ2n) is 6.51. The maximum atomic E-state index is 12.3. The molecule has 1 aliphatic rings. The average molecular weight is 372 g/mol. The van der Waals surface area contributed by atoms with Crippen LogP contribution in [0.5, 0.6) is 0 Å². The number of thiazole rings is 1. The second kappa shape index (κ2) is 7.23. The second-order valence-corrected chi connectivity index (χ2v) is 8.91. The molecule has 0 atom stereocenters. The van der Waals surface area contributed by atoms with Crippen LogP contribution in [-0.2, 0) is 6.54 Å². The van der Waals surface area contributed by atoms with Crippen LogP contribution < -0.4 is 5.32 Å². The molecule has 4 nitrogen and oxygen atoms in total. The van der Waals surface area contributed by atoms with Crippen molar-refractivity contribution in [1.29, 1.82) is 0 Å². The molecule has 1 N–H and O–H groups in total. The third kappa shape index (κ3) is 3.92. The maximum absolute atomic E-state index is 12.3. The molecule has 1 aromatic carbocycles. The molecule has 6 heteroatoms. The number of piperidine rings is 1. The largest absolute Gasteiger partial charge is 0.349 e. The van der Waals surface area contributed by atoms with Gasteiger partial charge in [0.2, 0.25) is 0 Å². The summed E-state index contributed by atoms with van der Waals surface area (Å²) in [6.45, 7) is 4.95. The van der Waals surface area contributed by atoms with Gasteiger partial charge in [-0.05, 0) is 44.0 Å². The van der Waals surface area contributed by atoms with E-state index in [1.54, 1.807) is 22.7 Å². The number of aromatic nitrogens is 1. The highest BCUT2D eigenvalue weighted by atomic mass is 32.1. The van der Waals surface area contributed by atoms with Gasteiger partial charge in [-0.25, -0.2) is 4.98 Å². The van der Waals surface area contributed by atoms with Gasteiger partial charge in [0.1, 0.15) is 5.01 Å². The summed E-state index contributed by atoms with van der Waals surface area (Å²) < 4.78 is 1.26. The highest BCUT2D eigenvalue weighted by Gasteiger charge is 2.22. The lowest BCUT2D eigenvalue weighted by Gasteiger charge is -2.31. The van der Waals surface area contributed by atoms with Crippen LogP contribution in [0.25, 0.3) is 10.2 Å². The Kier molecular flexibility index (Phi) is 4.83. The van der Waals surface area contributed by atoms with Crippen LogP contribution in [-0.4, -0.2) is 34.9 Å². The summed E-state index contributed by atoms with van der Waals surface area (Å²) in [5, 5.41) is 4.36. The van der Waals surface area contributed by atoms with E-state index in [-0.39, 0.29) is 11.9 Å². The minimum absolute atomic E-state index is 0.0720. The van der Waals surface area contributed by atoms with Gasteiger partial charge in [0, 0.05) is 24.0 Å². The summed E-state index contributed by atoms with van der Waals surface area (Å²) >= 11 is 3.34. The normalized spacial score (nSPS) is 16.4. The van der Waals surface area contributed by atoms with Crippen LogP contribution in [0, 0.1) is 6.92 Å². The molecule has 0 bridgehead atoms. The monoisotopic (exact) mass is 371 g/mol. The molecule has 3 heterocycles. The smallest absolute Gasteiger partial charge is 0.261 e. The van der Waals surface area contributed by atoms with Crippen LogP contribution >= 0.6 is 22.7 Å². The van der Waals surface area contributed by atoms with E-state index in [0.29, 0.717) is 0 Å². The number of thiophene rings is 1. The standard InChI is InChI=1S/C19H21N3OS2/c1-13-6-7-17(24-13)19(23)20-14-8-10-22(11-9-14)12-18-21-15-4-2-3-5-16(15)25-18/h2-7,14H,8-12H2,1H3,(H,20,23). The van der Waals surface area contributed by atoms with E-state index in [1.165, 1.54) is 14.6 Å². The average Bonchev–Trinajstić information content (AvgIpc) is 3.22. The predicted molar refractivity (Wildman–Crippen MR) is 104 cm³/mol. The van der Waals surface area contributed by atoms with E-state index < -0.39 is 0 Å². The van der Waals surface area contributed by atoms with Gasteiger partial charge in [-0.15, -0.1) is 22.7 Å². The zero-order chi connectivity index (χ0) is 17.2. The number of nitrogens with zero attached hydrogens (tertiary/aromatic N) is 2. The molecule has 2 aromatic heterocycles. The van der Waals surface area contributed by atoms with Crippen LogP contribution in [0.2, 0.25) is 0 Å². The Morgan fingerprint density at radius 3 is 2.72 bits per heavy atom. The first kappa shape index (κ1) is 16.7. The van der Waals surface area contributed by atoms with Crippen molar-refractivity contribution in [2.45, 2.75) is 32.4 Å². The van der Waals surface area contributed by atoms with Gasteiger partial charge in [-0.1, -0.05) is 12.1 Å². The first-order valence-corrected chi connectivity index (χ1v) is 10.2. The highest BCUT2D eigenvalue weighted by Crippen LogP contribution is 2.24. The van der Waals surface area contributed by atoms with Crippen LogP contribution in [0.1, 0.15) is 32.4 Å². The molecule has 1 aliphatic heterocycles. The van der Waals surface area contributed by atoms with E-state index in [1.807, 2.05) is 25.1 Å². The lowest BCUT2D eigenvalue weighted by Crippen LogP contribution is -2.44. The van der Waals surface area contributed by atoms with Crippen molar-refractivity contribution in [3.63, 3.8) is 0 Å². The first-order chi connectivity index (χ1) is 12.2. The molecule has 1 saturated heterocycles. The summed E-state index contributed by atoms with van der Waals surface area (Å²) in [6.07, 6.45) is 2.00. The van der Waals surface area contributed by atoms with Gasteiger partial charge in [0.05, 0.1) is 21.6 Å². The molecule has 25 heavy (non-hydrogen) atoms. The zero-order valence-electron chi connectivity index (χ0n) is 14.2. The number of fused-ring (bicyclic) bond motifs is 1. The fraction of sp³-hybridized carbons (Fsp3) is 0.368. The Labute approximate surface area is 155 Å². The number of benzene rings is 1. The Morgan fingerprint density at radius 1 is 1.20 bits per heavy atom. The molecule has 0 spiro atoms. The van der Waals surface area contributed by atoms with Gasteiger partial charge >= 0.3 is 0 Å². The Balaban J connectivity index is 1.30. The van der Waals surface area contributed by atoms with Crippen molar-refractivity contribution in [3.05, 3.63) is 51.2 Å². The minimum Gasteiger partial charge on any atom is -0.349 e. The van der Waals surface area contributed by atoms with Crippen LogP contribution in [0.15, 0.2) is 36.4 Å². The van der Waals surface area contributed by atoms with Gasteiger partial charge in [0.25, 0.3) is 5.91 Å². The number of hydrogen-bond acceptors (Lipinski definition) is 5. The Hall–Kier alpha value is -1.76. The third-order valence-corrected chi connectivity index (χ3v) is 6.60. The van der Waals surface area contributed by atoms with Crippen molar-refractivity contribution >= 4 is 38.8 Å². The van der Waals surface area contributed by atoms with Gasteiger partial charge in [-0.2, -0.15) is 0 Å². The van der Waals surface area contributed by atoms with Gasteiger partial charge < -0.3 is 5.32 Å². The topological polar surface area (TPSA) is 45.2 Å². The van der Waals surface area contributed by atoms with E-state index >= 15 is 0 Å². The van der Waals surface area contributed by atoms with Crippen molar-refractivity contribution < 1.29 is 4.79 Å². The molecular formula is C19H21N3OS2. The fourth-order valence-electron chi connectivity index (χ4n) is 3.23. The molecule has 0 saturated carbocycles. The molecule has 0 unspecified atom stereocenters. The number of rotatable bonds is 4. The van der Waals surface area contributed by atoms with Crippen LogP contribution in [0.3, 0.4) is 0 Å². The van der Waals surface area contributed by atoms with E-state index in [9.17, 15) is 4.79 Å². The van der Waals surface area contributed by atoms with Crippen molar-refractivity contribution in [2.75, 3.05) is 13.1 Å². The number of aryl methyl sites for hydroxylation is 1. The van der Waals surface area contributed by atoms with Crippen molar-refractivity contribution in [3.8, 4) is 0 Å². The quantitative estimate of drug-likeness (QED) is 0.752. The third-order valence-electron chi connectivity index (χ3n) is 4.58. The number of nitrogens with one attached hydrogen (secondary N) is 1. The summed E-state index contributed by atoms with van der Waals surface area (Å²) in [7, 11) is 0. The summed E-state index contributed by atoms with van der Waals surface area (Å²) in [5.74, 6) is 0.0720. The summed E-state index contributed by atoms with van der Waals surface area (Å²) in [6, 6.07) is 12.5. The SMILES string of the molecule is Cc1ccc(C(=O)NC2CCN(Cc3nc4ccccc4s3)CC2)s1. The molecule has 0 aliphatic carbocycles.